The molecule has 0 fully saturated rings. The van der Waals surface area contributed by atoms with Gasteiger partial charge in [0.05, 0.1) is 15.0 Å². The molecule has 88 valence electrons. The maximum Gasteiger partial charge on any atom is 0.340 e. The molecule has 0 aliphatic rings. The van der Waals surface area contributed by atoms with Gasteiger partial charge in [-0.2, -0.15) is 0 Å². The summed E-state index contributed by atoms with van der Waals surface area (Å²) in [5.41, 5.74) is 1.66. The molecule has 0 aliphatic heterocycles. The Hall–Kier alpha value is -1.67. The van der Waals surface area contributed by atoms with E-state index in [1.54, 1.807) is 18.3 Å². The van der Waals surface area contributed by atoms with Gasteiger partial charge in [0.25, 0.3) is 0 Å². The Bertz CT molecular complexity index is 520. The van der Waals surface area contributed by atoms with Gasteiger partial charge in [0.2, 0.25) is 0 Å². The van der Waals surface area contributed by atoms with Crippen LogP contribution in [0.2, 0.25) is 0 Å². The number of aryl methyl sites for hydroxylation is 1. The third-order valence-corrected chi connectivity index (χ3v) is 2.79. The molecule has 0 aliphatic carbocycles. The van der Waals surface area contributed by atoms with Crippen molar-refractivity contribution >= 4 is 15.4 Å². The number of nitrogens with zero attached hydrogens (tertiary/aromatic N) is 2. The molecule has 2 aromatic rings. The normalized spacial score (nSPS) is 10.2. The van der Waals surface area contributed by atoms with Gasteiger partial charge in [-0.1, -0.05) is 12.1 Å². The summed E-state index contributed by atoms with van der Waals surface area (Å²) in [6.45, 7) is 2.71. The van der Waals surface area contributed by atoms with E-state index in [9.17, 15) is 4.79 Å². The zero-order valence-corrected chi connectivity index (χ0v) is 10.6. The van der Waals surface area contributed by atoms with Gasteiger partial charge < -0.3 is 9.09 Å². The fourth-order valence-electron chi connectivity index (χ4n) is 1.58. The molecule has 1 aromatic heterocycles. The molecule has 0 amide bonds. The van der Waals surface area contributed by atoms with E-state index in [2.05, 4.69) is 9.51 Å². The molecule has 0 bridgehead atoms. The first-order valence-electron chi connectivity index (χ1n) is 5.18. The van der Waals surface area contributed by atoms with Crippen LogP contribution in [0.25, 0.3) is 0 Å². The molecular formula is C12H13N2O2P. The second-order valence-corrected chi connectivity index (χ2v) is 3.94. The van der Waals surface area contributed by atoms with Gasteiger partial charge in [-0.3, -0.25) is 0 Å². The summed E-state index contributed by atoms with van der Waals surface area (Å²) in [4.78, 5) is 15.4. The number of rotatable bonds is 3. The quantitative estimate of drug-likeness (QED) is 0.782. The van der Waals surface area contributed by atoms with Gasteiger partial charge in [0.1, 0.15) is 5.82 Å². The van der Waals surface area contributed by atoms with Gasteiger partial charge in [-0.15, -0.1) is 0 Å². The minimum atomic E-state index is -0.347. The Morgan fingerprint density at radius 1 is 1.41 bits per heavy atom. The van der Waals surface area contributed by atoms with Crippen molar-refractivity contribution in [1.82, 2.24) is 9.55 Å². The highest BCUT2D eigenvalue weighted by molar-refractivity contribution is 7.10. The number of carbonyl (C=O) groups excluding carboxylic acids is 1. The predicted molar refractivity (Wildman–Crippen MR) is 67.6 cm³/mol. The lowest BCUT2D eigenvalue weighted by atomic mass is 10.1. The van der Waals surface area contributed by atoms with E-state index in [1.165, 1.54) is 0 Å². The monoisotopic (exact) mass is 248 g/mol. The van der Waals surface area contributed by atoms with Crippen molar-refractivity contribution in [3.8, 4) is 0 Å². The van der Waals surface area contributed by atoms with Crippen molar-refractivity contribution in [3.05, 3.63) is 53.6 Å². The van der Waals surface area contributed by atoms with Gasteiger partial charge in [0, 0.05) is 18.9 Å². The van der Waals surface area contributed by atoms with Gasteiger partial charge in [-0.25, -0.2) is 9.78 Å². The summed E-state index contributed by atoms with van der Waals surface area (Å²) in [6.07, 6.45) is 3.70. The SMILES string of the molecule is Cc1nccn1Cc1ccc(C(=O)OP)cc1. The van der Waals surface area contributed by atoms with Gasteiger partial charge in [0.15, 0.2) is 0 Å². The number of aromatic nitrogens is 2. The van der Waals surface area contributed by atoms with Crippen LogP contribution in [-0.4, -0.2) is 15.5 Å². The standard InChI is InChI=1S/C12H13N2O2P/c1-9-13-6-7-14(9)8-10-2-4-11(5-3-10)12(15)16-17/h2-7H,8,17H2,1H3. The van der Waals surface area contributed by atoms with Gasteiger partial charge in [-0.05, 0) is 24.6 Å². The molecule has 0 saturated heterocycles. The molecule has 1 atom stereocenters. The minimum absolute atomic E-state index is 0.347. The van der Waals surface area contributed by atoms with Crippen molar-refractivity contribution in [2.45, 2.75) is 13.5 Å². The topological polar surface area (TPSA) is 44.1 Å². The first kappa shape index (κ1) is 11.8. The van der Waals surface area contributed by atoms with Crippen LogP contribution in [0.1, 0.15) is 21.7 Å². The number of benzene rings is 1. The molecule has 4 nitrogen and oxygen atoms in total. The van der Waals surface area contributed by atoms with Crippen LogP contribution in [0.4, 0.5) is 0 Å². The fourth-order valence-corrected chi connectivity index (χ4v) is 1.72. The van der Waals surface area contributed by atoms with Crippen LogP contribution >= 0.6 is 9.47 Å². The third-order valence-electron chi connectivity index (χ3n) is 2.57. The molecule has 0 radical (unpaired) electrons. The number of carbonyl (C=O) groups is 1. The molecule has 2 rings (SSSR count). The highest BCUT2D eigenvalue weighted by Crippen LogP contribution is 2.09. The molecule has 0 N–H and O–H groups in total. The molecule has 0 saturated carbocycles. The summed E-state index contributed by atoms with van der Waals surface area (Å²) in [7, 11) is 1.95. The van der Waals surface area contributed by atoms with Crippen LogP contribution < -0.4 is 0 Å². The first-order valence-corrected chi connectivity index (χ1v) is 5.65. The average molecular weight is 248 g/mol. The average Bonchev–Trinajstić information content (AvgIpc) is 2.75. The van der Waals surface area contributed by atoms with E-state index in [4.69, 9.17) is 0 Å². The van der Waals surface area contributed by atoms with Crippen LogP contribution in [0.3, 0.4) is 0 Å². The maximum atomic E-state index is 11.2. The highest BCUT2D eigenvalue weighted by Gasteiger charge is 2.05. The summed E-state index contributed by atoms with van der Waals surface area (Å²) >= 11 is 0. The Morgan fingerprint density at radius 2 is 2.12 bits per heavy atom. The largest absolute Gasteiger partial charge is 0.448 e. The zero-order valence-electron chi connectivity index (χ0n) is 9.46. The van der Waals surface area contributed by atoms with Crippen molar-refractivity contribution < 1.29 is 9.32 Å². The zero-order chi connectivity index (χ0) is 12.3. The van der Waals surface area contributed by atoms with Crippen LogP contribution in [-0.2, 0) is 11.1 Å². The van der Waals surface area contributed by atoms with E-state index in [1.807, 2.05) is 39.3 Å². The first-order chi connectivity index (χ1) is 8.20. The lowest BCUT2D eigenvalue weighted by Crippen LogP contribution is -2.02. The van der Waals surface area contributed by atoms with E-state index in [-0.39, 0.29) is 5.97 Å². The van der Waals surface area contributed by atoms with Crippen molar-refractivity contribution in [2.75, 3.05) is 0 Å². The predicted octanol–water partition coefficient (Wildman–Crippen LogP) is 2.19. The smallest absolute Gasteiger partial charge is 0.340 e. The fraction of sp³-hybridized carbons (Fsp3) is 0.167. The maximum absolute atomic E-state index is 11.2. The number of imidazole rings is 1. The highest BCUT2D eigenvalue weighted by atomic mass is 31.0. The lowest BCUT2D eigenvalue weighted by molar-refractivity contribution is 0.0765. The number of hydrogen-bond donors (Lipinski definition) is 0. The second-order valence-electron chi connectivity index (χ2n) is 3.70. The van der Waals surface area contributed by atoms with E-state index >= 15 is 0 Å². The molecular weight excluding hydrogens is 235 g/mol. The van der Waals surface area contributed by atoms with E-state index < -0.39 is 0 Å². The Balaban J connectivity index is 2.14. The van der Waals surface area contributed by atoms with Crippen molar-refractivity contribution in [2.24, 2.45) is 0 Å². The summed E-state index contributed by atoms with van der Waals surface area (Å²) in [6, 6.07) is 7.34. The Labute approximate surface area is 102 Å². The Kier molecular flexibility index (Phi) is 3.55. The van der Waals surface area contributed by atoms with Gasteiger partial charge >= 0.3 is 5.97 Å². The van der Waals surface area contributed by atoms with E-state index in [0.717, 1.165) is 17.9 Å². The molecule has 5 heteroatoms. The van der Waals surface area contributed by atoms with E-state index in [0.29, 0.717) is 5.56 Å². The molecule has 1 aromatic carbocycles. The lowest BCUT2D eigenvalue weighted by Gasteiger charge is -2.05. The summed E-state index contributed by atoms with van der Waals surface area (Å²) < 4.78 is 6.61. The summed E-state index contributed by atoms with van der Waals surface area (Å²) in [5, 5.41) is 0. The molecule has 0 spiro atoms. The molecule has 17 heavy (non-hydrogen) atoms. The van der Waals surface area contributed by atoms with Crippen molar-refractivity contribution in [3.63, 3.8) is 0 Å². The van der Waals surface area contributed by atoms with Crippen LogP contribution in [0, 0.1) is 6.92 Å². The van der Waals surface area contributed by atoms with Crippen LogP contribution in [0.5, 0.6) is 0 Å². The molecule has 1 unspecified atom stereocenters. The Morgan fingerprint density at radius 3 is 2.65 bits per heavy atom. The second kappa shape index (κ2) is 5.11. The molecule has 1 heterocycles. The van der Waals surface area contributed by atoms with Crippen molar-refractivity contribution in [1.29, 1.82) is 0 Å². The van der Waals surface area contributed by atoms with Crippen LogP contribution in [0.15, 0.2) is 36.7 Å². The number of hydrogen-bond acceptors (Lipinski definition) is 3. The minimum Gasteiger partial charge on any atom is -0.448 e. The third kappa shape index (κ3) is 2.71. The summed E-state index contributed by atoms with van der Waals surface area (Å²) in [5.74, 6) is 0.624.